The van der Waals surface area contributed by atoms with Gasteiger partial charge in [0.1, 0.15) is 11.6 Å². The van der Waals surface area contributed by atoms with Gasteiger partial charge in [0.25, 0.3) is 0 Å². The molecule has 28 heavy (non-hydrogen) atoms. The van der Waals surface area contributed by atoms with Gasteiger partial charge in [-0.15, -0.1) is 13.2 Å². The molecule has 0 saturated heterocycles. The summed E-state index contributed by atoms with van der Waals surface area (Å²) in [5.74, 6) is -1.38. The van der Waals surface area contributed by atoms with Gasteiger partial charge in [-0.1, -0.05) is 24.3 Å². The van der Waals surface area contributed by atoms with Gasteiger partial charge >= 0.3 is 6.36 Å². The Kier molecular flexibility index (Phi) is 5.76. The molecule has 1 aromatic heterocycles. The van der Waals surface area contributed by atoms with Crippen molar-refractivity contribution < 1.29 is 31.1 Å². The molecule has 1 heterocycles. The zero-order valence-corrected chi connectivity index (χ0v) is 14.9. The normalized spacial score (nSPS) is 12.6. The number of benzene rings is 2. The number of aromatic nitrogens is 1. The lowest BCUT2D eigenvalue weighted by Crippen LogP contribution is -2.17. The van der Waals surface area contributed by atoms with Gasteiger partial charge in [0.15, 0.2) is 11.1 Å². The Balaban J connectivity index is 2.02. The zero-order valence-electron chi connectivity index (χ0n) is 14.1. The van der Waals surface area contributed by atoms with Crippen LogP contribution in [-0.4, -0.2) is 20.1 Å². The van der Waals surface area contributed by atoms with E-state index in [0.717, 1.165) is 0 Å². The van der Waals surface area contributed by atoms with E-state index in [2.05, 4.69) is 9.72 Å². The Morgan fingerprint density at radius 2 is 1.79 bits per heavy atom. The minimum Gasteiger partial charge on any atom is -0.406 e. The number of ether oxygens (including phenoxy) is 1. The van der Waals surface area contributed by atoms with Crippen LogP contribution in [0.4, 0.5) is 17.6 Å². The molecular weight excluding hydrogens is 398 g/mol. The number of hydrogen-bond donors (Lipinski definition) is 1. The lowest BCUT2D eigenvalue weighted by Gasteiger charge is -2.13. The highest BCUT2D eigenvalue weighted by Crippen LogP contribution is 2.34. The van der Waals surface area contributed by atoms with Crippen LogP contribution in [0, 0.1) is 5.82 Å². The molecule has 0 aliphatic carbocycles. The largest absolute Gasteiger partial charge is 0.573 e. The third-order valence-corrected chi connectivity index (χ3v) is 4.40. The number of pyridine rings is 1. The molecule has 0 amide bonds. The first-order chi connectivity index (χ1) is 13.2. The molecule has 146 valence electrons. The maximum absolute atomic E-state index is 14.3. The van der Waals surface area contributed by atoms with E-state index in [9.17, 15) is 21.8 Å². The number of nitrogens with zero attached hydrogens (tertiary/aromatic N) is 1. The predicted octanol–water partition coefficient (Wildman–Crippen LogP) is 5.18. The van der Waals surface area contributed by atoms with Gasteiger partial charge in [-0.25, -0.2) is 8.60 Å². The lowest BCUT2D eigenvalue weighted by atomic mass is 9.96. The fraction of sp³-hybridized carbons (Fsp3) is 0.105. The summed E-state index contributed by atoms with van der Waals surface area (Å²) in [7, 11) is 0. The van der Waals surface area contributed by atoms with Crippen molar-refractivity contribution in [3.8, 4) is 28.0 Å². The fourth-order valence-corrected chi connectivity index (χ4v) is 3.20. The molecule has 2 aromatic carbocycles. The van der Waals surface area contributed by atoms with Crippen molar-refractivity contribution in [1.29, 1.82) is 0 Å². The van der Waals surface area contributed by atoms with Crippen LogP contribution in [0.1, 0.15) is 5.56 Å². The molecule has 0 radical (unpaired) electrons. The van der Waals surface area contributed by atoms with Crippen LogP contribution in [0.5, 0.6) is 5.75 Å². The number of alkyl halides is 3. The SMILES string of the molecule is O=S(O)Cc1ccc(-c2cnccc2-c2cccc(OC(F)(F)F)c2)cc1F. The molecule has 0 aliphatic rings. The highest BCUT2D eigenvalue weighted by Gasteiger charge is 2.31. The summed E-state index contributed by atoms with van der Waals surface area (Å²) in [5.41, 5.74) is 1.95. The molecule has 0 spiro atoms. The van der Waals surface area contributed by atoms with Gasteiger partial charge < -0.3 is 9.29 Å². The first kappa shape index (κ1) is 20.0. The molecule has 1 N–H and O–H groups in total. The van der Waals surface area contributed by atoms with Gasteiger partial charge in [-0.3, -0.25) is 4.98 Å². The monoisotopic (exact) mass is 411 g/mol. The fourth-order valence-electron chi connectivity index (χ4n) is 2.70. The number of hydrogen-bond acceptors (Lipinski definition) is 3. The smallest absolute Gasteiger partial charge is 0.406 e. The van der Waals surface area contributed by atoms with Crippen molar-refractivity contribution in [1.82, 2.24) is 4.98 Å². The van der Waals surface area contributed by atoms with Crippen LogP contribution in [0.2, 0.25) is 0 Å². The van der Waals surface area contributed by atoms with Crippen LogP contribution in [0.15, 0.2) is 60.9 Å². The molecule has 3 aromatic rings. The maximum Gasteiger partial charge on any atom is 0.573 e. The molecule has 4 nitrogen and oxygen atoms in total. The molecule has 1 atom stereocenters. The minimum atomic E-state index is -4.81. The molecule has 0 aliphatic heterocycles. The first-order valence-corrected chi connectivity index (χ1v) is 9.17. The van der Waals surface area contributed by atoms with E-state index in [1.165, 1.54) is 42.7 Å². The van der Waals surface area contributed by atoms with Gasteiger partial charge in [0.05, 0.1) is 5.75 Å². The van der Waals surface area contributed by atoms with Crippen molar-refractivity contribution in [3.05, 3.63) is 72.3 Å². The van der Waals surface area contributed by atoms with Gasteiger partial charge in [0, 0.05) is 23.5 Å². The topological polar surface area (TPSA) is 59.4 Å². The summed E-state index contributed by atoms with van der Waals surface area (Å²) in [4.78, 5) is 4.01. The van der Waals surface area contributed by atoms with Gasteiger partial charge in [-0.05, 0) is 41.0 Å². The van der Waals surface area contributed by atoms with Crippen molar-refractivity contribution >= 4 is 11.1 Å². The Morgan fingerprint density at radius 1 is 1.04 bits per heavy atom. The maximum atomic E-state index is 14.3. The summed E-state index contributed by atoms with van der Waals surface area (Å²) in [6, 6.07) is 11.2. The van der Waals surface area contributed by atoms with Crippen molar-refractivity contribution in [3.63, 3.8) is 0 Å². The Hall–Kier alpha value is -2.78. The molecule has 0 bridgehead atoms. The van der Waals surface area contributed by atoms with E-state index < -0.39 is 23.3 Å². The molecule has 3 rings (SSSR count). The van der Waals surface area contributed by atoms with Crippen molar-refractivity contribution in [2.45, 2.75) is 12.1 Å². The van der Waals surface area contributed by atoms with E-state index in [0.29, 0.717) is 22.3 Å². The zero-order chi connectivity index (χ0) is 20.3. The third-order valence-electron chi connectivity index (χ3n) is 3.84. The van der Waals surface area contributed by atoms with Crippen molar-refractivity contribution in [2.24, 2.45) is 0 Å². The molecule has 0 saturated carbocycles. The van der Waals surface area contributed by atoms with Crippen LogP contribution in [-0.2, 0) is 16.8 Å². The van der Waals surface area contributed by atoms with Crippen LogP contribution in [0.3, 0.4) is 0 Å². The average molecular weight is 411 g/mol. The summed E-state index contributed by atoms with van der Waals surface area (Å²) >= 11 is -2.18. The molecule has 0 fully saturated rings. The highest BCUT2D eigenvalue weighted by molar-refractivity contribution is 7.78. The quantitative estimate of drug-likeness (QED) is 0.465. The Morgan fingerprint density at radius 3 is 2.46 bits per heavy atom. The van der Waals surface area contributed by atoms with Gasteiger partial charge in [0.2, 0.25) is 0 Å². The van der Waals surface area contributed by atoms with E-state index in [1.54, 1.807) is 18.2 Å². The van der Waals surface area contributed by atoms with E-state index in [-0.39, 0.29) is 17.1 Å². The second kappa shape index (κ2) is 8.07. The molecular formula is C19H13F4NO3S. The summed E-state index contributed by atoms with van der Waals surface area (Å²) in [6.07, 6.45) is -1.88. The first-order valence-electron chi connectivity index (χ1n) is 7.89. The number of rotatable bonds is 5. The van der Waals surface area contributed by atoms with Crippen LogP contribution in [0.25, 0.3) is 22.3 Å². The van der Waals surface area contributed by atoms with Gasteiger partial charge in [-0.2, -0.15) is 0 Å². The molecule has 1 unspecified atom stereocenters. The van der Waals surface area contributed by atoms with E-state index >= 15 is 0 Å². The Labute approximate surface area is 160 Å². The number of halogens is 4. The highest BCUT2D eigenvalue weighted by atomic mass is 32.2. The Bertz CT molecular complexity index is 1020. The minimum absolute atomic E-state index is 0.0793. The summed E-state index contributed by atoms with van der Waals surface area (Å²) in [5, 5.41) is 0. The standard InChI is InChI=1S/C19H13F4NO3S/c20-18-9-13(4-5-14(18)11-28(25)26)17-10-24-7-6-16(17)12-2-1-3-15(8-12)27-19(21,22)23/h1-10H,11H2,(H,25,26). The molecule has 9 heteroatoms. The van der Waals surface area contributed by atoms with Crippen molar-refractivity contribution in [2.75, 3.05) is 0 Å². The van der Waals surface area contributed by atoms with Crippen LogP contribution < -0.4 is 4.74 Å². The lowest BCUT2D eigenvalue weighted by molar-refractivity contribution is -0.274. The second-order valence-corrected chi connectivity index (χ2v) is 6.70. The second-order valence-electron chi connectivity index (χ2n) is 5.77. The third kappa shape index (κ3) is 4.93. The summed E-state index contributed by atoms with van der Waals surface area (Å²) in [6.45, 7) is 0. The van der Waals surface area contributed by atoms with E-state index in [1.807, 2.05) is 0 Å². The summed E-state index contributed by atoms with van der Waals surface area (Å²) < 4.78 is 75.5. The van der Waals surface area contributed by atoms with Crippen LogP contribution >= 0.6 is 0 Å². The van der Waals surface area contributed by atoms with E-state index in [4.69, 9.17) is 4.55 Å². The predicted molar refractivity (Wildman–Crippen MR) is 96.2 cm³/mol. The average Bonchev–Trinajstić information content (AvgIpc) is 2.62.